The number of carbonyl (C=O) groups is 1. The van der Waals surface area contributed by atoms with Crippen molar-refractivity contribution in [3.05, 3.63) is 16.1 Å². The fraction of sp³-hybridized carbons (Fsp3) is 0.778. The number of nitrogens with zero attached hydrogens (tertiary/aromatic N) is 4. The van der Waals surface area contributed by atoms with Crippen LogP contribution in [-0.2, 0) is 11.3 Å². The number of rotatable bonds is 4. The fourth-order valence-corrected chi connectivity index (χ4v) is 4.51. The van der Waals surface area contributed by atoms with E-state index in [1.54, 1.807) is 11.3 Å². The number of halogens is 3. The topological polar surface area (TPSA) is 39.7 Å². The lowest BCUT2D eigenvalue weighted by Gasteiger charge is -2.34. The molecule has 27 heavy (non-hydrogen) atoms. The molecule has 3 rings (SSSR count). The molecular weight excluding hydrogens is 377 g/mol. The van der Waals surface area contributed by atoms with Crippen LogP contribution in [0.5, 0.6) is 0 Å². The Hall–Kier alpha value is -1.19. The minimum Gasteiger partial charge on any atom is -0.341 e. The molecule has 1 amide bonds. The van der Waals surface area contributed by atoms with Gasteiger partial charge in [0, 0.05) is 44.0 Å². The second kappa shape index (κ2) is 8.87. The molecule has 1 aromatic heterocycles. The Balaban J connectivity index is 1.45. The van der Waals surface area contributed by atoms with Crippen LogP contribution >= 0.6 is 11.3 Å². The minimum absolute atomic E-state index is 0.119. The van der Waals surface area contributed by atoms with Crippen LogP contribution in [-0.4, -0.2) is 77.6 Å². The smallest absolute Gasteiger partial charge is 0.341 e. The normalized spacial score (nSPS) is 21.4. The highest BCUT2D eigenvalue weighted by Crippen LogP contribution is 2.24. The molecule has 0 spiro atoms. The Morgan fingerprint density at radius 1 is 1.15 bits per heavy atom. The third kappa shape index (κ3) is 6.15. The first kappa shape index (κ1) is 20.5. The number of amides is 1. The summed E-state index contributed by atoms with van der Waals surface area (Å²) < 4.78 is 37.5. The van der Waals surface area contributed by atoms with Crippen LogP contribution in [0, 0.1) is 12.8 Å². The largest absolute Gasteiger partial charge is 0.401 e. The molecule has 1 aromatic rings. The van der Waals surface area contributed by atoms with Crippen LogP contribution < -0.4 is 0 Å². The Kier molecular flexibility index (Phi) is 6.75. The van der Waals surface area contributed by atoms with E-state index in [1.807, 2.05) is 11.8 Å². The van der Waals surface area contributed by atoms with Gasteiger partial charge in [-0.2, -0.15) is 13.2 Å². The zero-order valence-corrected chi connectivity index (χ0v) is 16.5. The maximum atomic E-state index is 12.8. The molecule has 0 aliphatic carbocycles. The Morgan fingerprint density at radius 3 is 2.52 bits per heavy atom. The molecule has 0 atom stereocenters. The number of piperidine rings is 1. The molecule has 2 saturated heterocycles. The molecule has 152 valence electrons. The summed E-state index contributed by atoms with van der Waals surface area (Å²) in [6.07, 6.45) is -2.21. The first-order valence-corrected chi connectivity index (χ1v) is 10.4. The second-order valence-electron chi connectivity index (χ2n) is 7.48. The van der Waals surface area contributed by atoms with Crippen LogP contribution in [0.2, 0.25) is 0 Å². The highest BCUT2D eigenvalue weighted by molar-refractivity contribution is 7.09. The number of carbonyl (C=O) groups excluding carboxylic acids is 1. The van der Waals surface area contributed by atoms with Gasteiger partial charge in [-0.1, -0.05) is 0 Å². The van der Waals surface area contributed by atoms with Crippen LogP contribution in [0.15, 0.2) is 5.38 Å². The summed E-state index contributed by atoms with van der Waals surface area (Å²) in [6.45, 7) is 5.79. The maximum absolute atomic E-state index is 12.8. The third-order valence-corrected chi connectivity index (χ3v) is 6.11. The van der Waals surface area contributed by atoms with Crippen molar-refractivity contribution in [1.29, 1.82) is 0 Å². The van der Waals surface area contributed by atoms with Crippen LogP contribution in [0.3, 0.4) is 0 Å². The summed E-state index contributed by atoms with van der Waals surface area (Å²) in [7, 11) is 0. The molecule has 2 aliphatic rings. The SMILES string of the molecule is Cc1nc(CN2CCCN(C(=O)C3CCN(CC(F)(F)F)CC3)CC2)cs1. The van der Waals surface area contributed by atoms with Gasteiger partial charge in [-0.3, -0.25) is 14.6 Å². The molecule has 5 nitrogen and oxygen atoms in total. The van der Waals surface area contributed by atoms with Gasteiger partial charge in [-0.05, 0) is 39.3 Å². The fourth-order valence-electron chi connectivity index (χ4n) is 3.91. The number of likely N-dealkylation sites (tertiary alicyclic amines) is 1. The van der Waals surface area contributed by atoms with Gasteiger partial charge < -0.3 is 4.90 Å². The van der Waals surface area contributed by atoms with E-state index in [9.17, 15) is 18.0 Å². The molecule has 2 aliphatic heterocycles. The van der Waals surface area contributed by atoms with E-state index >= 15 is 0 Å². The Bertz CT molecular complexity index is 628. The Morgan fingerprint density at radius 2 is 1.89 bits per heavy atom. The van der Waals surface area contributed by atoms with Gasteiger partial charge >= 0.3 is 6.18 Å². The van der Waals surface area contributed by atoms with Gasteiger partial charge in [-0.25, -0.2) is 4.98 Å². The van der Waals surface area contributed by atoms with E-state index in [4.69, 9.17) is 0 Å². The van der Waals surface area contributed by atoms with Gasteiger partial charge in [0.15, 0.2) is 0 Å². The summed E-state index contributed by atoms with van der Waals surface area (Å²) >= 11 is 1.65. The third-order valence-electron chi connectivity index (χ3n) is 5.29. The van der Waals surface area contributed by atoms with Crippen molar-refractivity contribution in [2.45, 2.75) is 38.9 Å². The highest BCUT2D eigenvalue weighted by Gasteiger charge is 2.35. The van der Waals surface area contributed by atoms with Gasteiger partial charge in [0.1, 0.15) is 0 Å². The number of aryl methyl sites for hydroxylation is 1. The lowest BCUT2D eigenvalue weighted by molar-refractivity contribution is -0.151. The zero-order chi connectivity index (χ0) is 19.4. The predicted octanol–water partition coefficient (Wildman–Crippen LogP) is 2.76. The van der Waals surface area contributed by atoms with E-state index in [2.05, 4.69) is 15.3 Å². The van der Waals surface area contributed by atoms with Crippen molar-refractivity contribution in [2.24, 2.45) is 5.92 Å². The van der Waals surface area contributed by atoms with Crippen LogP contribution in [0.4, 0.5) is 13.2 Å². The lowest BCUT2D eigenvalue weighted by Crippen LogP contribution is -2.45. The summed E-state index contributed by atoms with van der Waals surface area (Å²) in [5.74, 6) is -0.0183. The van der Waals surface area contributed by atoms with Gasteiger partial charge in [0.25, 0.3) is 0 Å². The van der Waals surface area contributed by atoms with Crippen molar-refractivity contribution < 1.29 is 18.0 Å². The first-order valence-electron chi connectivity index (χ1n) is 9.51. The summed E-state index contributed by atoms with van der Waals surface area (Å²) in [6, 6.07) is 0. The monoisotopic (exact) mass is 404 g/mol. The number of hydrogen-bond donors (Lipinski definition) is 0. The average Bonchev–Trinajstić information content (AvgIpc) is 2.87. The molecule has 0 saturated carbocycles. The van der Waals surface area contributed by atoms with E-state index in [0.29, 0.717) is 32.5 Å². The second-order valence-corrected chi connectivity index (χ2v) is 8.54. The highest BCUT2D eigenvalue weighted by atomic mass is 32.1. The molecule has 0 radical (unpaired) electrons. The summed E-state index contributed by atoms with van der Waals surface area (Å²) in [5, 5.41) is 3.14. The number of aromatic nitrogens is 1. The molecule has 0 bridgehead atoms. The minimum atomic E-state index is -4.17. The van der Waals surface area contributed by atoms with Crippen molar-refractivity contribution >= 4 is 17.2 Å². The van der Waals surface area contributed by atoms with Crippen molar-refractivity contribution in [2.75, 3.05) is 45.8 Å². The number of alkyl halides is 3. The van der Waals surface area contributed by atoms with Gasteiger partial charge in [0.05, 0.1) is 17.2 Å². The molecule has 3 heterocycles. The number of thiazole rings is 1. The van der Waals surface area contributed by atoms with E-state index in [1.165, 1.54) is 4.90 Å². The van der Waals surface area contributed by atoms with Crippen LogP contribution in [0.25, 0.3) is 0 Å². The molecule has 0 N–H and O–H groups in total. The van der Waals surface area contributed by atoms with Crippen molar-refractivity contribution in [3.8, 4) is 0 Å². The van der Waals surface area contributed by atoms with Crippen molar-refractivity contribution in [1.82, 2.24) is 19.7 Å². The predicted molar refractivity (Wildman–Crippen MR) is 98.5 cm³/mol. The lowest BCUT2D eigenvalue weighted by atomic mass is 9.95. The number of hydrogen-bond acceptors (Lipinski definition) is 5. The summed E-state index contributed by atoms with van der Waals surface area (Å²) in [4.78, 5) is 23.0. The van der Waals surface area contributed by atoms with Crippen LogP contribution in [0.1, 0.15) is 30.0 Å². The standard InChI is InChI=1S/C18H27F3N4OS/c1-14-22-16(12-27-14)11-23-5-2-6-25(10-9-23)17(26)15-3-7-24(8-4-15)13-18(19,20)21/h12,15H,2-11,13H2,1H3. The summed E-state index contributed by atoms with van der Waals surface area (Å²) in [5.41, 5.74) is 1.08. The van der Waals surface area contributed by atoms with Crippen molar-refractivity contribution in [3.63, 3.8) is 0 Å². The van der Waals surface area contributed by atoms with E-state index in [-0.39, 0.29) is 11.8 Å². The molecule has 9 heteroatoms. The molecule has 0 unspecified atom stereocenters. The zero-order valence-electron chi connectivity index (χ0n) is 15.7. The van der Waals surface area contributed by atoms with E-state index < -0.39 is 12.7 Å². The van der Waals surface area contributed by atoms with Gasteiger partial charge in [-0.15, -0.1) is 11.3 Å². The first-order chi connectivity index (χ1) is 12.8. The molecule has 2 fully saturated rings. The Labute approximate surface area is 162 Å². The quantitative estimate of drug-likeness (QED) is 0.774. The average molecular weight is 405 g/mol. The van der Waals surface area contributed by atoms with E-state index in [0.717, 1.165) is 43.3 Å². The maximum Gasteiger partial charge on any atom is 0.401 e. The molecule has 0 aromatic carbocycles. The molecular formula is C18H27F3N4OS. The van der Waals surface area contributed by atoms with Gasteiger partial charge in [0.2, 0.25) is 5.91 Å².